The van der Waals surface area contributed by atoms with Gasteiger partial charge in [0.1, 0.15) is 5.82 Å². The molecule has 0 bridgehead atoms. The Morgan fingerprint density at radius 2 is 2.28 bits per heavy atom. The molecule has 0 saturated heterocycles. The third-order valence-corrected chi connectivity index (χ3v) is 2.36. The van der Waals surface area contributed by atoms with Gasteiger partial charge >= 0.3 is 0 Å². The number of halogens is 1. The van der Waals surface area contributed by atoms with Crippen molar-refractivity contribution in [2.75, 3.05) is 5.32 Å². The van der Waals surface area contributed by atoms with E-state index in [0.29, 0.717) is 12.8 Å². The van der Waals surface area contributed by atoms with Gasteiger partial charge in [0.15, 0.2) is 0 Å². The zero-order valence-electron chi connectivity index (χ0n) is 9.85. The lowest BCUT2D eigenvalue weighted by Crippen LogP contribution is -2.35. The number of carbonyl (C=O) groups excluding carboxylic acids is 1. The topological polar surface area (TPSA) is 98.3 Å². The number of rotatable bonds is 5. The number of non-ortho nitro benzene ring substituents is 1. The molecule has 0 aliphatic carbocycles. The Hall–Kier alpha value is -2.02. The molecule has 7 heteroatoms. The lowest BCUT2D eigenvalue weighted by atomic mass is 10.1. The van der Waals surface area contributed by atoms with Gasteiger partial charge in [-0.3, -0.25) is 14.9 Å². The van der Waals surface area contributed by atoms with Gasteiger partial charge in [-0.15, -0.1) is 0 Å². The fraction of sp³-hybridized carbons (Fsp3) is 0.364. The second-order valence-electron chi connectivity index (χ2n) is 3.81. The van der Waals surface area contributed by atoms with E-state index in [0.717, 1.165) is 18.2 Å². The number of benzene rings is 1. The van der Waals surface area contributed by atoms with Crippen LogP contribution in [0.1, 0.15) is 19.8 Å². The molecule has 98 valence electrons. The van der Waals surface area contributed by atoms with E-state index in [4.69, 9.17) is 5.73 Å². The van der Waals surface area contributed by atoms with E-state index in [9.17, 15) is 19.3 Å². The highest BCUT2D eigenvalue weighted by molar-refractivity contribution is 5.95. The first-order valence-electron chi connectivity index (χ1n) is 5.46. The van der Waals surface area contributed by atoms with E-state index < -0.39 is 22.7 Å². The number of nitrogens with one attached hydrogen (secondary N) is 1. The molecule has 18 heavy (non-hydrogen) atoms. The maximum absolute atomic E-state index is 13.4. The second-order valence-corrected chi connectivity index (χ2v) is 3.81. The molecule has 6 nitrogen and oxygen atoms in total. The van der Waals surface area contributed by atoms with Crippen LogP contribution in [0.4, 0.5) is 15.8 Å². The number of nitrogens with two attached hydrogens (primary N) is 1. The largest absolute Gasteiger partial charge is 0.322 e. The number of hydrogen-bond donors (Lipinski definition) is 2. The summed E-state index contributed by atoms with van der Waals surface area (Å²) in [7, 11) is 0. The molecule has 1 atom stereocenters. The molecule has 0 unspecified atom stereocenters. The third-order valence-electron chi connectivity index (χ3n) is 2.36. The maximum atomic E-state index is 13.4. The number of nitrogens with zero attached hydrogens (tertiary/aromatic N) is 1. The second kappa shape index (κ2) is 6.06. The summed E-state index contributed by atoms with van der Waals surface area (Å²) < 4.78 is 13.4. The lowest BCUT2D eigenvalue weighted by molar-refractivity contribution is -0.384. The Labute approximate surface area is 103 Å². The molecule has 0 heterocycles. The van der Waals surface area contributed by atoms with Crippen molar-refractivity contribution in [3.05, 3.63) is 34.1 Å². The standard InChI is InChI=1S/C11H14FN3O3/c1-2-3-9(13)11(16)14-10-6-7(15(17)18)4-5-8(10)12/h4-6,9H,2-3,13H2,1H3,(H,14,16)/t9-/m0/s1. The average Bonchev–Trinajstić information content (AvgIpc) is 2.31. The van der Waals surface area contributed by atoms with Gasteiger partial charge in [0, 0.05) is 12.1 Å². The molecule has 1 amide bonds. The minimum atomic E-state index is -0.756. The molecule has 0 saturated carbocycles. The number of anilines is 1. The SMILES string of the molecule is CCC[C@H](N)C(=O)Nc1cc([N+](=O)[O-])ccc1F. The van der Waals surface area contributed by atoms with E-state index in [1.54, 1.807) is 0 Å². The van der Waals surface area contributed by atoms with Crippen molar-refractivity contribution in [3.8, 4) is 0 Å². The highest BCUT2D eigenvalue weighted by Crippen LogP contribution is 2.21. The molecule has 0 spiro atoms. The van der Waals surface area contributed by atoms with Gasteiger partial charge in [0.05, 0.1) is 16.7 Å². The quantitative estimate of drug-likeness (QED) is 0.619. The number of hydrogen-bond acceptors (Lipinski definition) is 4. The number of nitro benzene ring substituents is 1. The first kappa shape index (κ1) is 14.0. The maximum Gasteiger partial charge on any atom is 0.271 e. The monoisotopic (exact) mass is 255 g/mol. The third kappa shape index (κ3) is 3.49. The predicted molar refractivity (Wildman–Crippen MR) is 64.6 cm³/mol. The number of carbonyl (C=O) groups is 1. The molecule has 1 aromatic rings. The minimum absolute atomic E-state index is 0.235. The van der Waals surface area contributed by atoms with Gasteiger partial charge in [-0.1, -0.05) is 13.3 Å². The van der Waals surface area contributed by atoms with Crippen LogP contribution in [-0.2, 0) is 4.79 Å². The van der Waals surface area contributed by atoms with E-state index in [2.05, 4.69) is 5.32 Å². The van der Waals surface area contributed by atoms with Crippen LogP contribution in [0.5, 0.6) is 0 Å². The normalized spacial score (nSPS) is 11.9. The summed E-state index contributed by atoms with van der Waals surface area (Å²) in [4.78, 5) is 21.4. The van der Waals surface area contributed by atoms with E-state index in [1.165, 1.54) is 0 Å². The fourth-order valence-corrected chi connectivity index (χ4v) is 1.39. The summed E-state index contributed by atoms with van der Waals surface area (Å²) in [5, 5.41) is 12.8. The number of nitro groups is 1. The van der Waals surface area contributed by atoms with Crippen LogP contribution in [0.15, 0.2) is 18.2 Å². The van der Waals surface area contributed by atoms with Crippen molar-refractivity contribution < 1.29 is 14.1 Å². The van der Waals surface area contributed by atoms with Gasteiger partial charge in [0.2, 0.25) is 5.91 Å². The molecule has 0 aliphatic heterocycles. The van der Waals surface area contributed by atoms with Gasteiger partial charge in [-0.25, -0.2) is 4.39 Å². The van der Waals surface area contributed by atoms with Gasteiger partial charge in [0.25, 0.3) is 5.69 Å². The van der Waals surface area contributed by atoms with Gasteiger partial charge in [-0.05, 0) is 12.5 Å². The Bertz CT molecular complexity index is 465. The molecule has 0 aliphatic rings. The summed E-state index contributed by atoms with van der Waals surface area (Å²) in [5.74, 6) is -1.30. The van der Waals surface area contributed by atoms with Crippen LogP contribution in [0, 0.1) is 15.9 Å². The van der Waals surface area contributed by atoms with Crippen LogP contribution < -0.4 is 11.1 Å². The van der Waals surface area contributed by atoms with Crippen LogP contribution in [0.2, 0.25) is 0 Å². The van der Waals surface area contributed by atoms with Crippen LogP contribution in [0.25, 0.3) is 0 Å². The summed E-state index contributed by atoms with van der Waals surface area (Å²) in [5.41, 5.74) is 5.02. The zero-order valence-corrected chi connectivity index (χ0v) is 9.85. The van der Waals surface area contributed by atoms with Crippen molar-refractivity contribution in [1.29, 1.82) is 0 Å². The molecule has 1 aromatic carbocycles. The molecule has 1 rings (SSSR count). The van der Waals surface area contributed by atoms with E-state index in [-0.39, 0.29) is 11.4 Å². The van der Waals surface area contributed by atoms with Crippen molar-refractivity contribution >= 4 is 17.3 Å². The summed E-state index contributed by atoms with van der Waals surface area (Å²) in [6.07, 6.45) is 1.17. The lowest BCUT2D eigenvalue weighted by Gasteiger charge is -2.11. The Morgan fingerprint density at radius 3 is 2.83 bits per heavy atom. The molecular weight excluding hydrogens is 241 g/mol. The van der Waals surface area contributed by atoms with Crippen molar-refractivity contribution in [1.82, 2.24) is 0 Å². The highest BCUT2D eigenvalue weighted by Gasteiger charge is 2.16. The van der Waals surface area contributed by atoms with Crippen molar-refractivity contribution in [3.63, 3.8) is 0 Å². The summed E-state index contributed by atoms with van der Waals surface area (Å²) in [6.45, 7) is 1.86. The Kier molecular flexibility index (Phi) is 4.73. The minimum Gasteiger partial charge on any atom is -0.322 e. The van der Waals surface area contributed by atoms with Crippen LogP contribution >= 0.6 is 0 Å². The highest BCUT2D eigenvalue weighted by atomic mass is 19.1. The average molecular weight is 255 g/mol. The number of amides is 1. The molecule has 3 N–H and O–H groups in total. The van der Waals surface area contributed by atoms with Crippen molar-refractivity contribution in [2.45, 2.75) is 25.8 Å². The molecule has 0 aromatic heterocycles. The Morgan fingerprint density at radius 1 is 1.61 bits per heavy atom. The Balaban J connectivity index is 2.86. The van der Waals surface area contributed by atoms with Crippen LogP contribution in [-0.4, -0.2) is 16.9 Å². The van der Waals surface area contributed by atoms with E-state index in [1.807, 2.05) is 6.92 Å². The molecular formula is C11H14FN3O3. The zero-order chi connectivity index (χ0) is 13.7. The fourth-order valence-electron chi connectivity index (χ4n) is 1.39. The first-order chi connectivity index (χ1) is 8.45. The van der Waals surface area contributed by atoms with Gasteiger partial charge in [-0.2, -0.15) is 0 Å². The molecule has 0 fully saturated rings. The first-order valence-corrected chi connectivity index (χ1v) is 5.46. The summed E-state index contributed by atoms with van der Waals surface area (Å²) in [6, 6.07) is 2.16. The van der Waals surface area contributed by atoms with Crippen LogP contribution in [0.3, 0.4) is 0 Å². The predicted octanol–water partition coefficient (Wildman–Crippen LogP) is 1.80. The smallest absolute Gasteiger partial charge is 0.271 e. The van der Waals surface area contributed by atoms with Crippen molar-refractivity contribution in [2.24, 2.45) is 5.73 Å². The summed E-state index contributed by atoms with van der Waals surface area (Å²) >= 11 is 0. The molecule has 0 radical (unpaired) electrons. The van der Waals surface area contributed by atoms with E-state index >= 15 is 0 Å². The van der Waals surface area contributed by atoms with Gasteiger partial charge < -0.3 is 11.1 Å².